The molecule has 0 aromatic carbocycles. The monoisotopic (exact) mass is 324 g/mol. The summed E-state index contributed by atoms with van der Waals surface area (Å²) in [6, 6.07) is 3.84. The molecule has 1 aliphatic carbocycles. The summed E-state index contributed by atoms with van der Waals surface area (Å²) in [5, 5.41) is 0. The molecule has 1 aromatic rings. The SMILES string of the molecule is O=C([C@H]1CCC[C@]12CCN(Cc1ccco1)C2)N1CC(F)(F)C1. The first kappa shape index (κ1) is 15.1. The van der Waals surface area contributed by atoms with E-state index in [1.54, 1.807) is 6.26 Å². The van der Waals surface area contributed by atoms with E-state index in [0.717, 1.165) is 51.1 Å². The van der Waals surface area contributed by atoms with Gasteiger partial charge in [0.05, 0.1) is 25.9 Å². The van der Waals surface area contributed by atoms with Gasteiger partial charge in [-0.1, -0.05) is 6.42 Å². The normalized spacial score (nSPS) is 33.3. The van der Waals surface area contributed by atoms with Gasteiger partial charge in [-0.25, -0.2) is 8.78 Å². The number of rotatable bonds is 3. The minimum Gasteiger partial charge on any atom is -0.468 e. The Morgan fingerprint density at radius 3 is 2.83 bits per heavy atom. The van der Waals surface area contributed by atoms with Crippen LogP contribution in [0.2, 0.25) is 0 Å². The second kappa shape index (κ2) is 5.30. The minimum absolute atomic E-state index is 0.0193. The van der Waals surface area contributed by atoms with Gasteiger partial charge in [0.15, 0.2) is 0 Å². The highest BCUT2D eigenvalue weighted by Gasteiger charge is 2.55. The van der Waals surface area contributed by atoms with E-state index in [9.17, 15) is 13.6 Å². The van der Waals surface area contributed by atoms with Crippen LogP contribution >= 0.6 is 0 Å². The number of carbonyl (C=O) groups is 1. The van der Waals surface area contributed by atoms with Crippen molar-refractivity contribution in [3.8, 4) is 0 Å². The fraction of sp³-hybridized carbons (Fsp3) is 0.706. The van der Waals surface area contributed by atoms with E-state index >= 15 is 0 Å². The molecule has 0 unspecified atom stereocenters. The number of halogens is 2. The smallest absolute Gasteiger partial charge is 0.282 e. The number of alkyl halides is 2. The summed E-state index contributed by atoms with van der Waals surface area (Å²) in [5.74, 6) is -1.87. The highest BCUT2D eigenvalue weighted by atomic mass is 19.3. The van der Waals surface area contributed by atoms with Crippen LogP contribution in [0.1, 0.15) is 31.4 Å². The molecule has 23 heavy (non-hydrogen) atoms. The third-order valence-corrected chi connectivity index (χ3v) is 5.78. The first-order valence-electron chi connectivity index (χ1n) is 8.39. The van der Waals surface area contributed by atoms with Crippen LogP contribution in [-0.4, -0.2) is 47.8 Å². The van der Waals surface area contributed by atoms with E-state index in [2.05, 4.69) is 4.90 Å². The molecule has 0 bridgehead atoms. The molecule has 1 amide bonds. The largest absolute Gasteiger partial charge is 0.468 e. The quantitative estimate of drug-likeness (QED) is 0.858. The highest BCUT2D eigenvalue weighted by Crippen LogP contribution is 2.51. The molecule has 2 saturated heterocycles. The summed E-state index contributed by atoms with van der Waals surface area (Å²) in [7, 11) is 0. The summed E-state index contributed by atoms with van der Waals surface area (Å²) < 4.78 is 31.5. The molecule has 3 fully saturated rings. The highest BCUT2D eigenvalue weighted by molar-refractivity contribution is 5.81. The Bertz CT molecular complexity index is 581. The van der Waals surface area contributed by atoms with Crippen molar-refractivity contribution in [2.45, 2.75) is 38.2 Å². The van der Waals surface area contributed by atoms with Gasteiger partial charge in [-0.3, -0.25) is 9.69 Å². The Labute approximate surface area is 134 Å². The van der Waals surface area contributed by atoms with Gasteiger partial charge >= 0.3 is 0 Å². The second-order valence-corrected chi connectivity index (χ2v) is 7.40. The van der Waals surface area contributed by atoms with E-state index in [4.69, 9.17) is 4.42 Å². The number of likely N-dealkylation sites (tertiary alicyclic amines) is 2. The minimum atomic E-state index is -2.68. The van der Waals surface area contributed by atoms with Gasteiger partial charge < -0.3 is 9.32 Å². The van der Waals surface area contributed by atoms with E-state index in [0.29, 0.717) is 0 Å². The van der Waals surface area contributed by atoms with Gasteiger partial charge in [-0.05, 0) is 43.4 Å². The first-order valence-corrected chi connectivity index (χ1v) is 8.39. The van der Waals surface area contributed by atoms with Crippen LogP contribution in [0.5, 0.6) is 0 Å². The topological polar surface area (TPSA) is 36.7 Å². The molecule has 126 valence electrons. The molecule has 1 saturated carbocycles. The number of nitrogens with zero attached hydrogens (tertiary/aromatic N) is 2. The summed E-state index contributed by atoms with van der Waals surface area (Å²) in [4.78, 5) is 16.3. The lowest BCUT2D eigenvalue weighted by molar-refractivity contribution is -0.172. The van der Waals surface area contributed by atoms with Crippen molar-refractivity contribution < 1.29 is 18.0 Å². The predicted octanol–water partition coefficient (Wildman–Crippen LogP) is 2.75. The van der Waals surface area contributed by atoms with Crippen LogP contribution in [-0.2, 0) is 11.3 Å². The number of carbonyl (C=O) groups excluding carboxylic acids is 1. The summed E-state index contributed by atoms with van der Waals surface area (Å²) in [5.41, 5.74) is -0.0193. The molecular weight excluding hydrogens is 302 g/mol. The summed E-state index contributed by atoms with van der Waals surface area (Å²) in [6.45, 7) is 1.79. The molecule has 2 aliphatic heterocycles. The van der Waals surface area contributed by atoms with Crippen molar-refractivity contribution in [1.82, 2.24) is 9.80 Å². The lowest BCUT2D eigenvalue weighted by Crippen LogP contribution is -2.60. The molecule has 4 nitrogen and oxygen atoms in total. The fourth-order valence-electron chi connectivity index (χ4n) is 4.64. The van der Waals surface area contributed by atoms with Crippen molar-refractivity contribution in [3.63, 3.8) is 0 Å². The Balaban J connectivity index is 1.42. The first-order chi connectivity index (χ1) is 11.0. The van der Waals surface area contributed by atoms with Crippen molar-refractivity contribution in [1.29, 1.82) is 0 Å². The maximum atomic E-state index is 13.1. The Morgan fingerprint density at radius 1 is 1.30 bits per heavy atom. The van der Waals surface area contributed by atoms with Gasteiger partial charge in [0, 0.05) is 12.5 Å². The van der Waals surface area contributed by atoms with Crippen molar-refractivity contribution >= 4 is 5.91 Å². The van der Waals surface area contributed by atoms with E-state index < -0.39 is 19.0 Å². The Kier molecular flexibility index (Phi) is 3.48. The standard InChI is InChI=1S/C17H22F2N2O2/c18-17(19)11-21(12-17)15(22)14-4-1-5-16(14)6-7-20(10-16)9-13-3-2-8-23-13/h2-3,8,14H,1,4-7,9-12H2/t14-,16-/m1/s1. The van der Waals surface area contributed by atoms with Crippen LogP contribution < -0.4 is 0 Å². The van der Waals surface area contributed by atoms with Crippen LogP contribution in [0.3, 0.4) is 0 Å². The second-order valence-electron chi connectivity index (χ2n) is 7.40. The molecule has 4 rings (SSSR count). The molecule has 6 heteroatoms. The van der Waals surface area contributed by atoms with Crippen LogP contribution in [0.25, 0.3) is 0 Å². The Morgan fingerprint density at radius 2 is 2.13 bits per heavy atom. The van der Waals surface area contributed by atoms with Crippen molar-refractivity contribution in [2.24, 2.45) is 11.3 Å². The van der Waals surface area contributed by atoms with Crippen molar-refractivity contribution in [2.75, 3.05) is 26.2 Å². The number of furan rings is 1. The Hall–Kier alpha value is -1.43. The number of hydrogen-bond acceptors (Lipinski definition) is 3. The summed E-state index contributed by atoms with van der Waals surface area (Å²) in [6.07, 6.45) is 5.55. The molecule has 2 atom stereocenters. The summed E-state index contributed by atoms with van der Waals surface area (Å²) >= 11 is 0. The van der Waals surface area contributed by atoms with Gasteiger partial charge in [0.2, 0.25) is 5.91 Å². The lowest BCUT2D eigenvalue weighted by Gasteiger charge is -2.42. The maximum Gasteiger partial charge on any atom is 0.282 e. The molecule has 3 heterocycles. The molecular formula is C17H22F2N2O2. The van der Waals surface area contributed by atoms with Crippen LogP contribution in [0.4, 0.5) is 8.78 Å². The van der Waals surface area contributed by atoms with Gasteiger partial charge in [-0.2, -0.15) is 0 Å². The average Bonchev–Trinajstić information content (AvgIpc) is 3.19. The zero-order valence-electron chi connectivity index (χ0n) is 13.1. The molecule has 0 radical (unpaired) electrons. The van der Waals surface area contributed by atoms with E-state index in [1.807, 2.05) is 12.1 Å². The van der Waals surface area contributed by atoms with Gasteiger partial charge in [-0.15, -0.1) is 0 Å². The molecule has 1 aromatic heterocycles. The third kappa shape index (κ3) is 2.67. The third-order valence-electron chi connectivity index (χ3n) is 5.78. The van der Waals surface area contributed by atoms with Crippen LogP contribution in [0.15, 0.2) is 22.8 Å². The van der Waals surface area contributed by atoms with Gasteiger partial charge in [0.1, 0.15) is 5.76 Å². The zero-order chi connectivity index (χ0) is 16.1. The fourth-order valence-corrected chi connectivity index (χ4v) is 4.64. The number of hydrogen-bond donors (Lipinski definition) is 0. The lowest BCUT2D eigenvalue weighted by atomic mass is 9.76. The molecule has 0 N–H and O–H groups in total. The average molecular weight is 324 g/mol. The van der Waals surface area contributed by atoms with Crippen LogP contribution in [0, 0.1) is 11.3 Å². The molecule has 1 spiro atoms. The van der Waals surface area contributed by atoms with E-state index in [-0.39, 0.29) is 17.2 Å². The zero-order valence-corrected chi connectivity index (χ0v) is 13.1. The predicted molar refractivity (Wildman–Crippen MR) is 79.9 cm³/mol. The maximum absolute atomic E-state index is 13.1. The van der Waals surface area contributed by atoms with Gasteiger partial charge in [0.25, 0.3) is 5.92 Å². The molecule has 3 aliphatic rings. The van der Waals surface area contributed by atoms with Crippen molar-refractivity contribution in [3.05, 3.63) is 24.2 Å². The number of amides is 1. The van der Waals surface area contributed by atoms with E-state index in [1.165, 1.54) is 4.90 Å².